The number of hydrogen-bond acceptors (Lipinski definition) is 6. The number of aromatic nitrogens is 3. The molecule has 2 aromatic heterocycles. The molecule has 3 aromatic rings. The van der Waals surface area contributed by atoms with Crippen LogP contribution >= 0.6 is 22.7 Å². The van der Waals surface area contributed by atoms with E-state index in [-0.39, 0.29) is 5.91 Å². The lowest BCUT2D eigenvalue weighted by atomic mass is 10.1. The van der Waals surface area contributed by atoms with Crippen molar-refractivity contribution in [1.82, 2.24) is 15.2 Å². The molecule has 0 bridgehead atoms. The van der Waals surface area contributed by atoms with Gasteiger partial charge in [-0.3, -0.25) is 10.1 Å². The number of thiazole rings is 1. The van der Waals surface area contributed by atoms with Crippen molar-refractivity contribution in [2.24, 2.45) is 0 Å². The minimum absolute atomic E-state index is 0.245. The Morgan fingerprint density at radius 3 is 2.50 bits per heavy atom. The summed E-state index contributed by atoms with van der Waals surface area (Å²) in [6.45, 7) is 6.40. The normalized spacial score (nSPS) is 11.1. The summed E-state index contributed by atoms with van der Waals surface area (Å²) in [6.07, 6.45) is 3.04. The van der Waals surface area contributed by atoms with Crippen molar-refractivity contribution in [3.8, 4) is 10.6 Å². The number of nitrogens with one attached hydrogen (secondary N) is 1. The van der Waals surface area contributed by atoms with Gasteiger partial charge >= 0.3 is 0 Å². The Balaban J connectivity index is 1.70. The molecule has 7 heteroatoms. The highest BCUT2D eigenvalue weighted by molar-refractivity contribution is 7.15. The molecule has 1 amide bonds. The number of nitrogens with zero attached hydrogens (tertiary/aromatic N) is 3. The summed E-state index contributed by atoms with van der Waals surface area (Å²) < 4.78 is 0. The SMILES string of the molecule is CCc1ccc(-c2nc(C(=O)Nc3nnc(C(CC)CC)s3)cs2)cc1. The Labute approximate surface area is 161 Å². The molecule has 2 heterocycles. The van der Waals surface area contributed by atoms with E-state index in [0.29, 0.717) is 16.7 Å². The van der Waals surface area contributed by atoms with Crippen LogP contribution in [0.1, 0.15) is 60.6 Å². The summed E-state index contributed by atoms with van der Waals surface area (Å²) in [5, 5.41) is 15.2. The summed E-state index contributed by atoms with van der Waals surface area (Å²) in [5.74, 6) is 0.153. The highest BCUT2D eigenvalue weighted by Crippen LogP contribution is 2.29. The van der Waals surface area contributed by atoms with Gasteiger partial charge in [-0.2, -0.15) is 0 Å². The van der Waals surface area contributed by atoms with E-state index in [9.17, 15) is 4.79 Å². The predicted octanol–water partition coefficient (Wildman–Crippen LogP) is 5.38. The van der Waals surface area contributed by atoms with Crippen molar-refractivity contribution in [2.75, 3.05) is 5.32 Å². The van der Waals surface area contributed by atoms with Gasteiger partial charge in [0.2, 0.25) is 5.13 Å². The summed E-state index contributed by atoms with van der Waals surface area (Å²) >= 11 is 2.91. The van der Waals surface area contributed by atoms with E-state index in [1.165, 1.54) is 28.2 Å². The third kappa shape index (κ3) is 4.16. The fourth-order valence-electron chi connectivity index (χ4n) is 2.64. The molecule has 0 fully saturated rings. The lowest BCUT2D eigenvalue weighted by molar-refractivity contribution is 0.102. The van der Waals surface area contributed by atoms with E-state index in [1.54, 1.807) is 5.38 Å². The maximum atomic E-state index is 12.4. The quantitative estimate of drug-likeness (QED) is 0.592. The Morgan fingerprint density at radius 2 is 1.85 bits per heavy atom. The standard InChI is InChI=1S/C19H22N4OS2/c1-4-12-7-9-14(10-8-12)17-20-15(11-25-17)16(24)21-19-23-22-18(26-19)13(5-2)6-3/h7-11,13H,4-6H2,1-3H3,(H,21,23,24). The maximum absolute atomic E-state index is 12.4. The van der Waals surface area contributed by atoms with Crippen molar-refractivity contribution in [3.05, 3.63) is 45.9 Å². The van der Waals surface area contributed by atoms with Crippen LogP contribution in [0.3, 0.4) is 0 Å². The van der Waals surface area contributed by atoms with E-state index in [2.05, 4.69) is 53.4 Å². The van der Waals surface area contributed by atoms with Crippen LogP contribution in [0.25, 0.3) is 10.6 Å². The van der Waals surface area contributed by atoms with Gasteiger partial charge in [0, 0.05) is 16.9 Å². The highest BCUT2D eigenvalue weighted by atomic mass is 32.1. The number of carbonyl (C=O) groups is 1. The van der Waals surface area contributed by atoms with Crippen LogP contribution in [0.2, 0.25) is 0 Å². The first kappa shape index (κ1) is 18.7. The second-order valence-electron chi connectivity index (χ2n) is 6.00. The summed E-state index contributed by atoms with van der Waals surface area (Å²) in [4.78, 5) is 16.9. The van der Waals surface area contributed by atoms with Gasteiger partial charge in [0.15, 0.2) is 0 Å². The van der Waals surface area contributed by atoms with E-state index in [4.69, 9.17) is 0 Å². The Hall–Kier alpha value is -2.12. The molecule has 5 nitrogen and oxygen atoms in total. The Morgan fingerprint density at radius 1 is 1.12 bits per heavy atom. The second-order valence-corrected chi connectivity index (χ2v) is 7.87. The van der Waals surface area contributed by atoms with Crippen LogP contribution in [0.15, 0.2) is 29.6 Å². The lowest BCUT2D eigenvalue weighted by Crippen LogP contribution is -2.12. The van der Waals surface area contributed by atoms with Gasteiger partial charge in [-0.15, -0.1) is 21.5 Å². The van der Waals surface area contributed by atoms with Gasteiger partial charge < -0.3 is 0 Å². The number of amides is 1. The summed E-state index contributed by atoms with van der Waals surface area (Å²) in [7, 11) is 0. The first-order chi connectivity index (χ1) is 12.6. The molecule has 0 unspecified atom stereocenters. The van der Waals surface area contributed by atoms with Gasteiger partial charge in [0.25, 0.3) is 5.91 Å². The summed E-state index contributed by atoms with van der Waals surface area (Å²) in [5.41, 5.74) is 2.72. The molecule has 0 atom stereocenters. The fraction of sp³-hybridized carbons (Fsp3) is 0.368. The predicted molar refractivity (Wildman–Crippen MR) is 108 cm³/mol. The molecule has 0 saturated carbocycles. The number of benzene rings is 1. The highest BCUT2D eigenvalue weighted by Gasteiger charge is 2.17. The first-order valence-electron chi connectivity index (χ1n) is 8.84. The molecular formula is C19H22N4OS2. The van der Waals surface area contributed by atoms with E-state index < -0.39 is 0 Å². The van der Waals surface area contributed by atoms with Gasteiger partial charge in [0.05, 0.1) is 0 Å². The summed E-state index contributed by atoms with van der Waals surface area (Å²) in [6, 6.07) is 8.28. The topological polar surface area (TPSA) is 67.8 Å². The van der Waals surface area contributed by atoms with Crippen LogP contribution in [0, 0.1) is 0 Å². The zero-order valence-corrected chi connectivity index (χ0v) is 16.8. The van der Waals surface area contributed by atoms with E-state index in [0.717, 1.165) is 34.8 Å². The third-order valence-electron chi connectivity index (χ3n) is 4.34. The molecular weight excluding hydrogens is 364 g/mol. The van der Waals surface area contributed by atoms with Gasteiger partial charge in [-0.1, -0.05) is 56.4 Å². The number of rotatable bonds is 7. The fourth-order valence-corrected chi connectivity index (χ4v) is 4.45. The zero-order chi connectivity index (χ0) is 18.5. The van der Waals surface area contributed by atoms with E-state index >= 15 is 0 Å². The monoisotopic (exact) mass is 386 g/mol. The molecule has 136 valence electrons. The number of carbonyl (C=O) groups excluding carboxylic acids is 1. The third-order valence-corrected chi connectivity index (χ3v) is 6.23. The Kier molecular flexibility index (Phi) is 6.11. The minimum Gasteiger partial charge on any atom is -0.295 e. The van der Waals surface area contributed by atoms with Crippen molar-refractivity contribution in [3.63, 3.8) is 0 Å². The largest absolute Gasteiger partial charge is 0.295 e. The molecule has 1 N–H and O–H groups in total. The smallest absolute Gasteiger partial charge is 0.276 e. The van der Waals surface area contributed by atoms with E-state index in [1.807, 2.05) is 12.1 Å². The van der Waals surface area contributed by atoms with Gasteiger partial charge in [0.1, 0.15) is 15.7 Å². The molecule has 0 aliphatic carbocycles. The lowest BCUT2D eigenvalue weighted by Gasteiger charge is -2.05. The molecule has 0 aliphatic rings. The number of anilines is 1. The van der Waals surface area contributed by atoms with Gasteiger partial charge in [-0.05, 0) is 24.8 Å². The average Bonchev–Trinajstić information content (AvgIpc) is 3.33. The van der Waals surface area contributed by atoms with Crippen LogP contribution in [0.5, 0.6) is 0 Å². The maximum Gasteiger partial charge on any atom is 0.276 e. The molecule has 1 aromatic carbocycles. The van der Waals surface area contributed by atoms with Crippen molar-refractivity contribution >= 4 is 33.7 Å². The average molecular weight is 387 g/mol. The molecule has 0 spiro atoms. The second kappa shape index (κ2) is 8.51. The molecule has 0 saturated heterocycles. The molecule has 26 heavy (non-hydrogen) atoms. The van der Waals surface area contributed by atoms with Crippen LogP contribution in [-0.4, -0.2) is 21.1 Å². The van der Waals surface area contributed by atoms with Crippen LogP contribution in [-0.2, 0) is 6.42 Å². The van der Waals surface area contributed by atoms with Gasteiger partial charge in [-0.25, -0.2) is 4.98 Å². The number of aryl methyl sites for hydroxylation is 1. The van der Waals surface area contributed by atoms with Crippen molar-refractivity contribution in [1.29, 1.82) is 0 Å². The number of hydrogen-bond donors (Lipinski definition) is 1. The molecule has 0 aliphatic heterocycles. The van der Waals surface area contributed by atoms with Crippen LogP contribution < -0.4 is 5.32 Å². The zero-order valence-electron chi connectivity index (χ0n) is 15.2. The molecule has 0 radical (unpaired) electrons. The van der Waals surface area contributed by atoms with Crippen molar-refractivity contribution < 1.29 is 4.79 Å². The minimum atomic E-state index is -0.245. The molecule has 3 rings (SSSR count). The van der Waals surface area contributed by atoms with Crippen molar-refractivity contribution in [2.45, 2.75) is 46.0 Å². The first-order valence-corrected chi connectivity index (χ1v) is 10.5. The Bertz CT molecular complexity index is 866. The van der Waals surface area contributed by atoms with Crippen LogP contribution in [0.4, 0.5) is 5.13 Å².